The standard InChI is InChI=1S/C25H40N2O5S/c1-6-14-27(24(3,4)5)22(30)20-25-13-12-17(33-25)18(23(31)32-7-2)19(25)21(29)26(20)15-10-8-9-11-16-28/h6,17-20,28H,1,7-16H2,2-5H3/t17-,18+,19-,20?,25?/m0/s1. The van der Waals surface area contributed by atoms with Gasteiger partial charge in [0.15, 0.2) is 0 Å². The number of hydrogen-bond acceptors (Lipinski definition) is 6. The maximum absolute atomic E-state index is 14.1. The molecule has 3 aliphatic rings. The van der Waals surface area contributed by atoms with E-state index in [0.29, 0.717) is 13.1 Å². The summed E-state index contributed by atoms with van der Waals surface area (Å²) in [5.41, 5.74) is -0.419. The number of aliphatic hydroxyl groups excluding tert-OH is 1. The van der Waals surface area contributed by atoms with Gasteiger partial charge in [-0.25, -0.2) is 0 Å². The predicted octanol–water partition coefficient (Wildman–Crippen LogP) is 3.01. The van der Waals surface area contributed by atoms with Crippen molar-refractivity contribution in [3.05, 3.63) is 12.7 Å². The van der Waals surface area contributed by atoms with Gasteiger partial charge in [-0.2, -0.15) is 0 Å². The third kappa shape index (κ3) is 4.70. The highest BCUT2D eigenvalue weighted by Gasteiger charge is 2.74. The molecule has 0 aliphatic carbocycles. The Hall–Kier alpha value is -1.54. The summed E-state index contributed by atoms with van der Waals surface area (Å²) in [5, 5.41) is 9.09. The van der Waals surface area contributed by atoms with Gasteiger partial charge in [0.1, 0.15) is 6.04 Å². The van der Waals surface area contributed by atoms with Crippen LogP contribution in [0.5, 0.6) is 0 Å². The summed E-state index contributed by atoms with van der Waals surface area (Å²) >= 11 is 1.68. The number of rotatable bonds is 11. The Labute approximate surface area is 202 Å². The summed E-state index contributed by atoms with van der Waals surface area (Å²) in [6.07, 6.45) is 6.60. The second-order valence-electron chi connectivity index (χ2n) is 10.4. The number of hydrogen-bond donors (Lipinski definition) is 1. The number of amides is 2. The van der Waals surface area contributed by atoms with Crippen LogP contribution in [0.4, 0.5) is 0 Å². The number of unbranched alkanes of at least 4 members (excludes halogenated alkanes) is 3. The van der Waals surface area contributed by atoms with E-state index in [2.05, 4.69) is 6.58 Å². The van der Waals surface area contributed by atoms with Gasteiger partial charge in [0.25, 0.3) is 0 Å². The first kappa shape index (κ1) is 26.1. The largest absolute Gasteiger partial charge is 0.466 e. The van der Waals surface area contributed by atoms with Gasteiger partial charge in [-0.1, -0.05) is 18.9 Å². The quantitative estimate of drug-likeness (QED) is 0.278. The van der Waals surface area contributed by atoms with Crippen molar-refractivity contribution >= 4 is 29.5 Å². The SMILES string of the molecule is C=CCN(C(=O)C1N(CCCCCCO)C(=O)[C@@H]2[C@H](C(=O)OCC)[C@@H]3CCC12S3)C(C)(C)C. The second kappa shape index (κ2) is 10.4. The van der Waals surface area contributed by atoms with Crippen LogP contribution in [-0.2, 0) is 19.1 Å². The number of aliphatic hydroxyl groups is 1. The van der Waals surface area contributed by atoms with Crippen LogP contribution in [0, 0.1) is 11.8 Å². The van der Waals surface area contributed by atoms with Gasteiger partial charge in [-0.15, -0.1) is 18.3 Å². The van der Waals surface area contributed by atoms with E-state index in [9.17, 15) is 14.4 Å². The third-order valence-corrected chi connectivity index (χ3v) is 9.24. The van der Waals surface area contributed by atoms with Crippen LogP contribution >= 0.6 is 11.8 Å². The van der Waals surface area contributed by atoms with Gasteiger partial charge >= 0.3 is 5.97 Å². The molecule has 0 radical (unpaired) electrons. The molecule has 0 aromatic heterocycles. The van der Waals surface area contributed by atoms with Crippen LogP contribution < -0.4 is 0 Å². The Kier molecular flexibility index (Phi) is 8.20. The highest BCUT2D eigenvalue weighted by molar-refractivity contribution is 8.02. The predicted molar refractivity (Wildman–Crippen MR) is 130 cm³/mol. The summed E-state index contributed by atoms with van der Waals surface area (Å²) in [5.74, 6) is -1.41. The van der Waals surface area contributed by atoms with Gasteiger partial charge < -0.3 is 19.6 Å². The van der Waals surface area contributed by atoms with E-state index in [0.717, 1.165) is 38.5 Å². The third-order valence-electron chi connectivity index (χ3n) is 7.29. The Bertz CT molecular complexity index is 766. The van der Waals surface area contributed by atoms with Gasteiger partial charge in [0, 0.05) is 30.5 Å². The minimum Gasteiger partial charge on any atom is -0.466 e. The number of thioether (sulfide) groups is 1. The summed E-state index contributed by atoms with van der Waals surface area (Å²) in [6, 6.07) is -0.582. The number of carbonyl (C=O) groups is 3. The zero-order valence-electron chi connectivity index (χ0n) is 20.5. The molecule has 0 saturated carbocycles. The van der Waals surface area contributed by atoms with E-state index in [4.69, 9.17) is 9.84 Å². The van der Waals surface area contributed by atoms with Crippen LogP contribution in [-0.4, -0.2) is 80.6 Å². The average molecular weight is 481 g/mol. The zero-order chi connectivity index (χ0) is 24.4. The first-order chi connectivity index (χ1) is 15.6. The van der Waals surface area contributed by atoms with Crippen molar-refractivity contribution in [2.45, 2.75) is 87.8 Å². The molecule has 3 fully saturated rings. The molecule has 0 aromatic carbocycles. The number of nitrogens with zero attached hydrogens (tertiary/aromatic N) is 2. The minimum atomic E-state index is -0.582. The monoisotopic (exact) mass is 480 g/mol. The summed E-state index contributed by atoms with van der Waals surface area (Å²) in [6.45, 7) is 13.0. The lowest BCUT2D eigenvalue weighted by Crippen LogP contribution is -2.58. The molecule has 5 atom stereocenters. The molecule has 3 aliphatic heterocycles. The van der Waals surface area contributed by atoms with E-state index in [1.54, 1.807) is 29.7 Å². The molecule has 3 heterocycles. The topological polar surface area (TPSA) is 87.2 Å². The van der Waals surface area contributed by atoms with Crippen LogP contribution in [0.25, 0.3) is 0 Å². The lowest BCUT2D eigenvalue weighted by atomic mass is 9.71. The molecule has 2 unspecified atom stereocenters. The molecule has 186 valence electrons. The molecule has 7 nitrogen and oxygen atoms in total. The van der Waals surface area contributed by atoms with Crippen molar-refractivity contribution in [1.82, 2.24) is 9.80 Å². The summed E-state index contributed by atoms with van der Waals surface area (Å²) < 4.78 is 4.80. The van der Waals surface area contributed by atoms with Crippen molar-refractivity contribution in [1.29, 1.82) is 0 Å². The minimum absolute atomic E-state index is 0.0301. The molecular weight excluding hydrogens is 440 g/mol. The molecule has 1 spiro atoms. The van der Waals surface area contributed by atoms with Gasteiger partial charge in [0.05, 0.1) is 23.2 Å². The van der Waals surface area contributed by atoms with Crippen LogP contribution in [0.15, 0.2) is 12.7 Å². The van der Waals surface area contributed by atoms with Gasteiger partial charge in [0.2, 0.25) is 11.8 Å². The average Bonchev–Trinajstić information content (AvgIpc) is 3.38. The fourth-order valence-corrected chi connectivity index (χ4v) is 8.10. The summed E-state index contributed by atoms with van der Waals surface area (Å²) in [7, 11) is 0. The lowest BCUT2D eigenvalue weighted by Gasteiger charge is -2.42. The number of ether oxygens (including phenoxy) is 1. The molecule has 0 aromatic rings. The number of fused-ring (bicyclic) bond motifs is 1. The Balaban J connectivity index is 1.96. The second-order valence-corrected chi connectivity index (χ2v) is 12.0. The highest BCUT2D eigenvalue weighted by atomic mass is 32.2. The maximum atomic E-state index is 14.1. The zero-order valence-corrected chi connectivity index (χ0v) is 21.4. The van der Waals surface area contributed by atoms with Crippen molar-refractivity contribution in [3.63, 3.8) is 0 Å². The Morgan fingerprint density at radius 3 is 2.61 bits per heavy atom. The number of likely N-dealkylation sites (tertiary alicyclic amines) is 1. The van der Waals surface area contributed by atoms with E-state index >= 15 is 0 Å². The van der Waals surface area contributed by atoms with Crippen molar-refractivity contribution in [2.24, 2.45) is 11.8 Å². The Morgan fingerprint density at radius 2 is 2.00 bits per heavy atom. The number of esters is 1. The van der Waals surface area contributed by atoms with Crippen LogP contribution in [0.2, 0.25) is 0 Å². The molecule has 8 heteroatoms. The van der Waals surface area contributed by atoms with E-state index in [-0.39, 0.29) is 36.2 Å². The molecule has 3 rings (SSSR count). The van der Waals surface area contributed by atoms with Crippen molar-refractivity contribution in [2.75, 3.05) is 26.3 Å². The maximum Gasteiger partial charge on any atom is 0.310 e. The molecule has 33 heavy (non-hydrogen) atoms. The van der Waals surface area contributed by atoms with E-state index in [1.165, 1.54) is 0 Å². The Morgan fingerprint density at radius 1 is 1.30 bits per heavy atom. The number of carbonyl (C=O) groups excluding carboxylic acids is 3. The molecule has 3 saturated heterocycles. The summed E-state index contributed by atoms with van der Waals surface area (Å²) in [4.78, 5) is 44.4. The molecule has 1 N–H and O–H groups in total. The molecular formula is C25H40N2O5S. The van der Waals surface area contributed by atoms with Gasteiger partial charge in [-0.05, 0) is 53.4 Å². The van der Waals surface area contributed by atoms with Crippen molar-refractivity contribution in [3.8, 4) is 0 Å². The first-order valence-corrected chi connectivity index (χ1v) is 13.2. The highest BCUT2D eigenvalue weighted by Crippen LogP contribution is 2.66. The van der Waals surface area contributed by atoms with Gasteiger partial charge in [-0.3, -0.25) is 14.4 Å². The first-order valence-electron chi connectivity index (χ1n) is 12.3. The molecule has 2 bridgehead atoms. The van der Waals surface area contributed by atoms with E-state index in [1.807, 2.05) is 25.7 Å². The fourth-order valence-electron chi connectivity index (χ4n) is 5.90. The smallest absolute Gasteiger partial charge is 0.310 e. The van der Waals surface area contributed by atoms with Crippen LogP contribution in [0.1, 0.15) is 66.2 Å². The molecule has 2 amide bonds. The van der Waals surface area contributed by atoms with E-state index < -0.39 is 28.2 Å². The lowest BCUT2D eigenvalue weighted by molar-refractivity contribution is -0.153. The van der Waals surface area contributed by atoms with Crippen LogP contribution in [0.3, 0.4) is 0 Å². The normalized spacial score (nSPS) is 30.5. The fraction of sp³-hybridized carbons (Fsp3) is 0.800. The van der Waals surface area contributed by atoms with Crippen molar-refractivity contribution < 1.29 is 24.2 Å².